The summed E-state index contributed by atoms with van der Waals surface area (Å²) < 4.78 is 0. The maximum Gasteiger partial charge on any atom is 0.247 e. The van der Waals surface area contributed by atoms with Crippen LogP contribution >= 0.6 is 11.8 Å². The Labute approximate surface area is 137 Å². The summed E-state index contributed by atoms with van der Waals surface area (Å²) in [5, 5.41) is 0.701. The summed E-state index contributed by atoms with van der Waals surface area (Å²) in [5.41, 5.74) is 1.55. The van der Waals surface area contributed by atoms with E-state index in [2.05, 4.69) is 4.98 Å². The number of aromatic amines is 1. The SMILES string of the molecule is O=C1CC(Sc2ccccc2)C(=O)N1c1ccc2cc[nH]c2c1. The fraction of sp³-hybridized carbons (Fsp3) is 0.111. The molecular formula is C18H14N2O2S. The first-order chi connectivity index (χ1) is 11.2. The molecule has 2 aromatic carbocycles. The number of anilines is 1. The Balaban J connectivity index is 1.62. The number of rotatable bonds is 3. The van der Waals surface area contributed by atoms with Crippen LogP contribution in [0.5, 0.6) is 0 Å². The van der Waals surface area contributed by atoms with Crippen LogP contribution in [0.2, 0.25) is 0 Å². The Morgan fingerprint density at radius 1 is 1.04 bits per heavy atom. The van der Waals surface area contributed by atoms with E-state index < -0.39 is 0 Å². The van der Waals surface area contributed by atoms with Crippen molar-refractivity contribution in [1.29, 1.82) is 0 Å². The number of hydrogen-bond donors (Lipinski definition) is 1. The second kappa shape index (κ2) is 5.59. The molecule has 1 fully saturated rings. The molecule has 2 amide bonds. The first-order valence-electron chi connectivity index (χ1n) is 7.38. The Bertz CT molecular complexity index is 888. The van der Waals surface area contributed by atoms with E-state index in [9.17, 15) is 9.59 Å². The van der Waals surface area contributed by atoms with Crippen LogP contribution in [0.15, 0.2) is 65.7 Å². The molecule has 1 aliphatic rings. The van der Waals surface area contributed by atoms with E-state index >= 15 is 0 Å². The van der Waals surface area contributed by atoms with Gasteiger partial charge in [0.15, 0.2) is 0 Å². The van der Waals surface area contributed by atoms with Crippen molar-refractivity contribution in [3.05, 3.63) is 60.8 Å². The number of hydrogen-bond acceptors (Lipinski definition) is 3. The largest absolute Gasteiger partial charge is 0.361 e. The lowest BCUT2D eigenvalue weighted by Gasteiger charge is -2.15. The molecule has 1 aromatic heterocycles. The van der Waals surface area contributed by atoms with Gasteiger partial charge in [0.1, 0.15) is 0 Å². The first kappa shape index (κ1) is 14.1. The van der Waals surface area contributed by atoms with Crippen LogP contribution in [0.4, 0.5) is 5.69 Å². The van der Waals surface area contributed by atoms with Gasteiger partial charge in [-0.2, -0.15) is 0 Å². The van der Waals surface area contributed by atoms with Crippen LogP contribution < -0.4 is 4.90 Å². The van der Waals surface area contributed by atoms with Crippen LogP contribution in [-0.4, -0.2) is 22.0 Å². The minimum Gasteiger partial charge on any atom is -0.361 e. The number of nitrogens with zero attached hydrogens (tertiary/aromatic N) is 1. The lowest BCUT2D eigenvalue weighted by molar-refractivity contribution is -0.121. The molecular weight excluding hydrogens is 308 g/mol. The maximum absolute atomic E-state index is 12.7. The minimum absolute atomic E-state index is 0.144. The molecule has 1 saturated heterocycles. The number of amides is 2. The fourth-order valence-corrected chi connectivity index (χ4v) is 3.88. The van der Waals surface area contributed by atoms with Crippen LogP contribution in [-0.2, 0) is 9.59 Å². The summed E-state index contributed by atoms with van der Waals surface area (Å²) in [7, 11) is 0. The van der Waals surface area contributed by atoms with Gasteiger partial charge in [0, 0.05) is 23.0 Å². The number of thioether (sulfide) groups is 1. The van der Waals surface area contributed by atoms with Gasteiger partial charge in [-0.05, 0) is 35.7 Å². The first-order valence-corrected chi connectivity index (χ1v) is 8.26. The highest BCUT2D eigenvalue weighted by molar-refractivity contribution is 8.00. The summed E-state index contributed by atoms with van der Waals surface area (Å²) in [6, 6.07) is 17.2. The normalized spacial score (nSPS) is 18.1. The van der Waals surface area contributed by atoms with E-state index in [0.29, 0.717) is 5.69 Å². The number of fused-ring (bicyclic) bond motifs is 1. The average molecular weight is 322 g/mol. The predicted molar refractivity (Wildman–Crippen MR) is 91.5 cm³/mol. The third-order valence-corrected chi connectivity index (χ3v) is 5.12. The van der Waals surface area contributed by atoms with Crippen molar-refractivity contribution >= 4 is 40.2 Å². The molecule has 5 heteroatoms. The van der Waals surface area contributed by atoms with Crippen molar-refractivity contribution in [2.24, 2.45) is 0 Å². The van der Waals surface area contributed by atoms with E-state index in [1.165, 1.54) is 16.7 Å². The number of benzene rings is 2. The topological polar surface area (TPSA) is 53.2 Å². The van der Waals surface area contributed by atoms with Gasteiger partial charge in [-0.25, -0.2) is 4.90 Å². The summed E-state index contributed by atoms with van der Waals surface area (Å²) in [6.07, 6.45) is 2.08. The van der Waals surface area contributed by atoms with E-state index in [4.69, 9.17) is 0 Å². The molecule has 4 nitrogen and oxygen atoms in total. The lowest BCUT2D eigenvalue weighted by atomic mass is 10.2. The zero-order valence-corrected chi connectivity index (χ0v) is 13.0. The third-order valence-electron chi connectivity index (χ3n) is 3.92. The molecule has 4 rings (SSSR count). The zero-order valence-electron chi connectivity index (χ0n) is 12.2. The molecule has 1 N–H and O–H groups in total. The monoisotopic (exact) mass is 322 g/mol. The lowest BCUT2D eigenvalue weighted by Crippen LogP contribution is -2.31. The molecule has 114 valence electrons. The van der Waals surface area contributed by atoms with Crippen LogP contribution in [0.25, 0.3) is 10.9 Å². The summed E-state index contributed by atoms with van der Waals surface area (Å²) >= 11 is 1.45. The molecule has 0 aliphatic carbocycles. The Kier molecular flexibility index (Phi) is 3.42. The number of nitrogens with one attached hydrogen (secondary N) is 1. The molecule has 1 atom stereocenters. The van der Waals surface area contributed by atoms with Gasteiger partial charge in [-0.15, -0.1) is 11.8 Å². The van der Waals surface area contributed by atoms with E-state index in [-0.39, 0.29) is 23.5 Å². The van der Waals surface area contributed by atoms with Crippen molar-refractivity contribution in [2.45, 2.75) is 16.6 Å². The Hall–Kier alpha value is -2.53. The molecule has 0 radical (unpaired) electrons. The summed E-state index contributed by atoms with van der Waals surface area (Å²) in [5.74, 6) is -0.288. The molecule has 3 aromatic rings. The van der Waals surface area contributed by atoms with Gasteiger partial charge in [0.25, 0.3) is 0 Å². The number of H-pyrrole nitrogens is 1. The summed E-state index contributed by atoms with van der Waals surface area (Å²) in [6.45, 7) is 0. The van der Waals surface area contributed by atoms with Crippen molar-refractivity contribution in [3.63, 3.8) is 0 Å². The van der Waals surface area contributed by atoms with E-state index in [0.717, 1.165) is 15.8 Å². The molecule has 0 saturated carbocycles. The van der Waals surface area contributed by atoms with Gasteiger partial charge in [0.05, 0.1) is 10.9 Å². The second-order valence-corrected chi connectivity index (χ2v) is 6.72. The smallest absolute Gasteiger partial charge is 0.247 e. The third kappa shape index (κ3) is 2.53. The number of carbonyl (C=O) groups is 2. The quantitative estimate of drug-likeness (QED) is 0.750. The Morgan fingerprint density at radius 3 is 2.70 bits per heavy atom. The van der Waals surface area contributed by atoms with Crippen LogP contribution in [0.1, 0.15) is 6.42 Å². The van der Waals surface area contributed by atoms with Crippen LogP contribution in [0.3, 0.4) is 0 Å². The number of imide groups is 1. The highest BCUT2D eigenvalue weighted by Crippen LogP contribution is 2.34. The predicted octanol–water partition coefficient (Wildman–Crippen LogP) is 3.59. The van der Waals surface area contributed by atoms with Crippen molar-refractivity contribution in [3.8, 4) is 0 Å². The fourth-order valence-electron chi connectivity index (χ4n) is 2.81. The van der Waals surface area contributed by atoms with E-state index in [1.807, 2.05) is 60.8 Å². The van der Waals surface area contributed by atoms with Gasteiger partial charge in [-0.1, -0.05) is 24.3 Å². The summed E-state index contributed by atoms with van der Waals surface area (Å²) in [4.78, 5) is 30.4. The second-order valence-electron chi connectivity index (χ2n) is 5.44. The maximum atomic E-state index is 12.7. The van der Waals surface area contributed by atoms with E-state index in [1.54, 1.807) is 0 Å². The highest BCUT2D eigenvalue weighted by atomic mass is 32.2. The van der Waals surface area contributed by atoms with Crippen molar-refractivity contribution in [1.82, 2.24) is 4.98 Å². The minimum atomic E-state index is -0.357. The average Bonchev–Trinajstić information content (AvgIpc) is 3.13. The number of carbonyl (C=O) groups excluding carboxylic acids is 2. The molecule has 23 heavy (non-hydrogen) atoms. The van der Waals surface area contributed by atoms with Gasteiger partial charge < -0.3 is 4.98 Å². The molecule has 1 unspecified atom stereocenters. The zero-order chi connectivity index (χ0) is 15.8. The highest BCUT2D eigenvalue weighted by Gasteiger charge is 2.40. The van der Waals surface area contributed by atoms with Crippen molar-refractivity contribution in [2.75, 3.05) is 4.90 Å². The number of aromatic nitrogens is 1. The van der Waals surface area contributed by atoms with Crippen molar-refractivity contribution < 1.29 is 9.59 Å². The molecule has 2 heterocycles. The van der Waals surface area contributed by atoms with Gasteiger partial charge in [-0.3, -0.25) is 9.59 Å². The van der Waals surface area contributed by atoms with Crippen LogP contribution in [0, 0.1) is 0 Å². The molecule has 0 bridgehead atoms. The molecule has 1 aliphatic heterocycles. The Morgan fingerprint density at radius 2 is 1.87 bits per heavy atom. The van der Waals surface area contributed by atoms with Gasteiger partial charge >= 0.3 is 0 Å². The standard InChI is InChI=1S/C18H14N2O2S/c21-17-11-16(23-14-4-2-1-3-5-14)18(22)20(17)13-7-6-12-8-9-19-15(12)10-13/h1-10,16,19H,11H2. The molecule has 0 spiro atoms. The van der Waals surface area contributed by atoms with Gasteiger partial charge in [0.2, 0.25) is 11.8 Å².